The van der Waals surface area contributed by atoms with Crippen LogP contribution in [0.3, 0.4) is 0 Å². The molecule has 10 nitrogen and oxygen atoms in total. The van der Waals surface area contributed by atoms with Crippen molar-refractivity contribution in [3.05, 3.63) is 57.0 Å². The lowest BCUT2D eigenvalue weighted by Gasteiger charge is -2.35. The standard InChI is InChI=1S/C26H35N5O5/c1-17-15-31(16-18(2)36-17)25(34)21-6-4-20(5-7-21)14-27-23(32)9-8-22-19(3)28-26(29-24(22)33)30-10-12-35-13-11-30/h4-7,17-18H,8-16H2,1-3H3,(H,27,32)(H,28,29,33). The lowest BCUT2D eigenvalue weighted by Crippen LogP contribution is -2.48. The minimum Gasteiger partial charge on any atom is -0.378 e. The molecule has 0 saturated carbocycles. The first-order valence-electron chi connectivity index (χ1n) is 12.5. The summed E-state index contributed by atoms with van der Waals surface area (Å²) in [6.45, 7) is 9.83. The van der Waals surface area contributed by atoms with Gasteiger partial charge in [-0.15, -0.1) is 0 Å². The van der Waals surface area contributed by atoms with Gasteiger partial charge < -0.3 is 24.6 Å². The van der Waals surface area contributed by atoms with Crippen molar-refractivity contribution in [3.8, 4) is 0 Å². The fourth-order valence-electron chi connectivity index (χ4n) is 4.63. The molecule has 2 unspecified atom stereocenters. The second kappa shape index (κ2) is 11.7. The number of nitrogens with one attached hydrogen (secondary N) is 2. The zero-order chi connectivity index (χ0) is 25.7. The number of carbonyl (C=O) groups is 2. The zero-order valence-electron chi connectivity index (χ0n) is 21.2. The number of H-pyrrole nitrogens is 1. The van der Waals surface area contributed by atoms with Crippen LogP contribution in [0.2, 0.25) is 0 Å². The van der Waals surface area contributed by atoms with Crippen LogP contribution < -0.4 is 15.8 Å². The zero-order valence-corrected chi connectivity index (χ0v) is 21.2. The van der Waals surface area contributed by atoms with Gasteiger partial charge in [0.1, 0.15) is 0 Å². The van der Waals surface area contributed by atoms with Crippen molar-refractivity contribution < 1.29 is 19.1 Å². The van der Waals surface area contributed by atoms with Crippen LogP contribution in [0, 0.1) is 6.92 Å². The van der Waals surface area contributed by atoms with Gasteiger partial charge in [0, 0.05) is 56.0 Å². The van der Waals surface area contributed by atoms with Crippen molar-refractivity contribution in [3.63, 3.8) is 0 Å². The van der Waals surface area contributed by atoms with Gasteiger partial charge >= 0.3 is 0 Å². The molecule has 2 saturated heterocycles. The molecule has 1 aromatic heterocycles. The van der Waals surface area contributed by atoms with Crippen LogP contribution in [0.5, 0.6) is 0 Å². The SMILES string of the molecule is Cc1nc(N2CCOCC2)[nH]c(=O)c1CCC(=O)NCc1ccc(C(=O)N2CC(C)OC(C)C2)cc1. The molecule has 3 heterocycles. The maximum absolute atomic E-state index is 12.8. The molecule has 2 aromatic rings. The van der Waals surface area contributed by atoms with Gasteiger partial charge in [0.25, 0.3) is 11.5 Å². The Balaban J connectivity index is 1.27. The van der Waals surface area contributed by atoms with Crippen LogP contribution >= 0.6 is 0 Å². The molecular weight excluding hydrogens is 462 g/mol. The second-order valence-electron chi connectivity index (χ2n) is 9.49. The molecule has 2 fully saturated rings. The van der Waals surface area contributed by atoms with Gasteiger partial charge in [-0.2, -0.15) is 0 Å². The van der Waals surface area contributed by atoms with Crippen molar-refractivity contribution in [2.75, 3.05) is 44.3 Å². The number of amides is 2. The molecule has 2 aliphatic heterocycles. The van der Waals surface area contributed by atoms with Gasteiger partial charge in [0.05, 0.1) is 25.4 Å². The highest BCUT2D eigenvalue weighted by atomic mass is 16.5. The van der Waals surface area contributed by atoms with E-state index in [9.17, 15) is 14.4 Å². The summed E-state index contributed by atoms with van der Waals surface area (Å²) in [5, 5.41) is 2.89. The van der Waals surface area contributed by atoms with Gasteiger partial charge in [-0.1, -0.05) is 12.1 Å². The lowest BCUT2D eigenvalue weighted by molar-refractivity contribution is -0.121. The first-order valence-corrected chi connectivity index (χ1v) is 12.5. The molecular formula is C26H35N5O5. The van der Waals surface area contributed by atoms with E-state index in [1.165, 1.54) is 0 Å². The summed E-state index contributed by atoms with van der Waals surface area (Å²) in [5.41, 5.74) is 2.47. The second-order valence-corrected chi connectivity index (χ2v) is 9.49. The van der Waals surface area contributed by atoms with E-state index in [0.717, 1.165) is 5.56 Å². The summed E-state index contributed by atoms with van der Waals surface area (Å²) in [6, 6.07) is 7.28. The number of nitrogens with zero attached hydrogens (tertiary/aromatic N) is 3. The number of ether oxygens (including phenoxy) is 2. The van der Waals surface area contributed by atoms with Crippen LogP contribution in [-0.2, 0) is 27.2 Å². The maximum Gasteiger partial charge on any atom is 0.255 e. The molecule has 194 valence electrons. The molecule has 0 aliphatic carbocycles. The van der Waals surface area contributed by atoms with E-state index in [0.29, 0.717) is 75.1 Å². The monoisotopic (exact) mass is 497 g/mol. The number of hydrogen-bond donors (Lipinski definition) is 2. The predicted molar refractivity (Wildman–Crippen MR) is 135 cm³/mol. The number of anilines is 1. The average Bonchev–Trinajstić information content (AvgIpc) is 2.86. The minimum atomic E-state index is -0.207. The van der Waals surface area contributed by atoms with Gasteiger partial charge in [-0.3, -0.25) is 19.4 Å². The fourth-order valence-corrected chi connectivity index (χ4v) is 4.63. The quantitative estimate of drug-likeness (QED) is 0.594. The molecule has 36 heavy (non-hydrogen) atoms. The van der Waals surface area contributed by atoms with E-state index in [1.54, 1.807) is 19.1 Å². The normalized spacial score (nSPS) is 20.3. The number of rotatable bonds is 7. The number of benzene rings is 1. The highest BCUT2D eigenvalue weighted by molar-refractivity contribution is 5.94. The Morgan fingerprint density at radius 2 is 1.78 bits per heavy atom. The summed E-state index contributed by atoms with van der Waals surface area (Å²) < 4.78 is 11.1. The van der Waals surface area contributed by atoms with Crippen molar-refractivity contribution in [2.45, 2.75) is 52.4 Å². The molecule has 2 amide bonds. The summed E-state index contributed by atoms with van der Waals surface area (Å²) in [5.74, 6) is 0.387. The molecule has 2 N–H and O–H groups in total. The van der Waals surface area contributed by atoms with E-state index < -0.39 is 0 Å². The maximum atomic E-state index is 12.8. The first-order chi connectivity index (χ1) is 17.3. The molecule has 4 rings (SSSR count). The van der Waals surface area contributed by atoms with Crippen molar-refractivity contribution in [2.24, 2.45) is 0 Å². The third-order valence-electron chi connectivity index (χ3n) is 6.52. The van der Waals surface area contributed by atoms with E-state index in [2.05, 4.69) is 15.3 Å². The number of hydrogen-bond acceptors (Lipinski definition) is 7. The molecule has 1 aromatic carbocycles. The molecule has 10 heteroatoms. The third kappa shape index (κ3) is 6.50. The Morgan fingerprint density at radius 1 is 1.11 bits per heavy atom. The Morgan fingerprint density at radius 3 is 2.42 bits per heavy atom. The Hall–Kier alpha value is -3.24. The van der Waals surface area contributed by atoms with Crippen LogP contribution in [0.15, 0.2) is 29.1 Å². The summed E-state index contributed by atoms with van der Waals surface area (Å²) in [4.78, 5) is 49.1. The van der Waals surface area contributed by atoms with Crippen molar-refractivity contribution >= 4 is 17.8 Å². The number of aromatic nitrogens is 2. The Bertz CT molecular complexity index is 1120. The molecule has 0 spiro atoms. The molecule has 2 aliphatic rings. The smallest absolute Gasteiger partial charge is 0.255 e. The summed E-state index contributed by atoms with van der Waals surface area (Å²) in [7, 11) is 0. The molecule has 0 radical (unpaired) electrons. The number of aromatic amines is 1. The minimum absolute atomic E-state index is 0.0126. The van der Waals surface area contributed by atoms with Gasteiger partial charge in [0.2, 0.25) is 11.9 Å². The third-order valence-corrected chi connectivity index (χ3v) is 6.52. The first kappa shape index (κ1) is 25.8. The van der Waals surface area contributed by atoms with Crippen molar-refractivity contribution in [1.82, 2.24) is 20.2 Å². The topological polar surface area (TPSA) is 117 Å². The predicted octanol–water partition coefficient (Wildman–Crippen LogP) is 1.41. The van der Waals surface area contributed by atoms with E-state index in [4.69, 9.17) is 9.47 Å². The Labute approximate surface area is 211 Å². The highest BCUT2D eigenvalue weighted by Crippen LogP contribution is 2.15. The lowest BCUT2D eigenvalue weighted by atomic mass is 10.1. The van der Waals surface area contributed by atoms with Gasteiger partial charge in [-0.05, 0) is 44.9 Å². The molecule has 2 atom stereocenters. The largest absolute Gasteiger partial charge is 0.378 e. The highest BCUT2D eigenvalue weighted by Gasteiger charge is 2.26. The number of morpholine rings is 2. The summed E-state index contributed by atoms with van der Waals surface area (Å²) in [6.07, 6.45) is 0.537. The number of carbonyl (C=O) groups excluding carboxylic acids is 2. The molecule has 0 bridgehead atoms. The van der Waals surface area contributed by atoms with Crippen LogP contribution in [0.4, 0.5) is 5.95 Å². The van der Waals surface area contributed by atoms with Gasteiger partial charge in [0.15, 0.2) is 0 Å². The van der Waals surface area contributed by atoms with Crippen molar-refractivity contribution in [1.29, 1.82) is 0 Å². The van der Waals surface area contributed by atoms with Crippen LogP contribution in [-0.4, -0.2) is 78.3 Å². The van der Waals surface area contributed by atoms with E-state index >= 15 is 0 Å². The van der Waals surface area contributed by atoms with Crippen LogP contribution in [0.25, 0.3) is 0 Å². The van der Waals surface area contributed by atoms with E-state index in [-0.39, 0.29) is 36.0 Å². The fraction of sp³-hybridized carbons (Fsp3) is 0.538. The van der Waals surface area contributed by atoms with Crippen LogP contribution in [0.1, 0.15) is 47.4 Å². The van der Waals surface area contributed by atoms with E-state index in [1.807, 2.05) is 35.8 Å². The Kier molecular flexibility index (Phi) is 8.37. The summed E-state index contributed by atoms with van der Waals surface area (Å²) >= 11 is 0. The average molecular weight is 498 g/mol. The van der Waals surface area contributed by atoms with Gasteiger partial charge in [-0.25, -0.2) is 4.98 Å². The number of aryl methyl sites for hydroxylation is 1.